The van der Waals surface area contributed by atoms with Crippen molar-refractivity contribution in [2.75, 3.05) is 25.6 Å². The van der Waals surface area contributed by atoms with Crippen LogP contribution < -0.4 is 5.32 Å². The summed E-state index contributed by atoms with van der Waals surface area (Å²) in [6.45, 7) is 4.12. The quantitative estimate of drug-likeness (QED) is 0.843. The lowest BCUT2D eigenvalue weighted by Gasteiger charge is -2.23. The molecule has 0 aliphatic carbocycles. The van der Waals surface area contributed by atoms with E-state index in [4.69, 9.17) is 9.47 Å². The van der Waals surface area contributed by atoms with Gasteiger partial charge in [-0.25, -0.2) is 9.97 Å². The molecule has 0 bridgehead atoms. The summed E-state index contributed by atoms with van der Waals surface area (Å²) in [5.74, 6) is 2.14. The number of hydrogen-bond acceptors (Lipinski definition) is 5. The molecule has 2 unspecified atom stereocenters. The van der Waals surface area contributed by atoms with Gasteiger partial charge >= 0.3 is 0 Å². The first-order chi connectivity index (χ1) is 11.7. The molecule has 5 heteroatoms. The smallest absolute Gasteiger partial charge is 0.156 e. The van der Waals surface area contributed by atoms with Gasteiger partial charge in [0.25, 0.3) is 0 Å². The maximum atomic E-state index is 5.54. The Hall–Kier alpha value is -1.98. The van der Waals surface area contributed by atoms with E-state index in [9.17, 15) is 0 Å². The zero-order chi connectivity index (χ0) is 16.8. The minimum atomic E-state index is 0.211. The van der Waals surface area contributed by atoms with Gasteiger partial charge in [0.1, 0.15) is 12.4 Å². The van der Waals surface area contributed by atoms with E-state index in [1.54, 1.807) is 7.11 Å². The molecule has 1 aliphatic heterocycles. The summed E-state index contributed by atoms with van der Waals surface area (Å²) < 4.78 is 10.7. The number of hydrogen-bond donors (Lipinski definition) is 1. The van der Waals surface area contributed by atoms with Crippen LogP contribution in [0.25, 0.3) is 0 Å². The van der Waals surface area contributed by atoms with Crippen molar-refractivity contribution < 1.29 is 9.47 Å². The van der Waals surface area contributed by atoms with E-state index in [2.05, 4.69) is 39.6 Å². The summed E-state index contributed by atoms with van der Waals surface area (Å²) in [4.78, 5) is 9.00. The number of benzene rings is 1. The molecule has 128 valence electrons. The standard InChI is InChI=1S/C19H25N3O2/c1-14-10-18(22-19(20-14)13-23-2)21-17(11-15-8-9-24-12-15)16-6-4-3-5-7-16/h3-7,10,15,17H,8-9,11-13H2,1-2H3,(H,20,21,22). The summed E-state index contributed by atoms with van der Waals surface area (Å²) >= 11 is 0. The van der Waals surface area contributed by atoms with Crippen molar-refractivity contribution in [3.05, 3.63) is 53.5 Å². The second kappa shape index (κ2) is 8.22. The van der Waals surface area contributed by atoms with Crippen molar-refractivity contribution in [1.82, 2.24) is 9.97 Å². The van der Waals surface area contributed by atoms with Crippen molar-refractivity contribution in [2.45, 2.75) is 32.4 Å². The van der Waals surface area contributed by atoms with Gasteiger partial charge in [0.05, 0.1) is 6.04 Å². The van der Waals surface area contributed by atoms with Gasteiger partial charge in [-0.15, -0.1) is 0 Å². The molecule has 2 aromatic rings. The molecule has 0 spiro atoms. The van der Waals surface area contributed by atoms with Crippen molar-refractivity contribution in [2.24, 2.45) is 5.92 Å². The van der Waals surface area contributed by atoms with Crippen LogP contribution in [0.2, 0.25) is 0 Å². The molecule has 3 rings (SSSR count). The number of ether oxygens (including phenoxy) is 2. The van der Waals surface area contributed by atoms with Gasteiger partial charge in [-0.2, -0.15) is 0 Å². The number of nitrogens with one attached hydrogen (secondary N) is 1. The van der Waals surface area contributed by atoms with Crippen LogP contribution in [-0.2, 0) is 16.1 Å². The van der Waals surface area contributed by atoms with E-state index >= 15 is 0 Å². The first kappa shape index (κ1) is 16.9. The monoisotopic (exact) mass is 327 g/mol. The van der Waals surface area contributed by atoms with Crippen LogP contribution in [-0.4, -0.2) is 30.3 Å². The summed E-state index contributed by atoms with van der Waals surface area (Å²) in [6, 6.07) is 12.7. The lowest BCUT2D eigenvalue weighted by atomic mass is 9.94. The molecule has 2 heterocycles. The lowest BCUT2D eigenvalue weighted by Crippen LogP contribution is -2.17. The summed E-state index contributed by atoms with van der Waals surface area (Å²) in [5.41, 5.74) is 2.21. The van der Waals surface area contributed by atoms with Gasteiger partial charge in [-0.1, -0.05) is 30.3 Å². The number of anilines is 1. The highest BCUT2D eigenvalue weighted by atomic mass is 16.5. The SMILES string of the molecule is COCc1nc(C)cc(NC(CC2CCOC2)c2ccccc2)n1. The number of rotatable bonds is 7. The number of methoxy groups -OCH3 is 1. The number of aromatic nitrogens is 2. The third-order valence-electron chi connectivity index (χ3n) is 4.29. The zero-order valence-electron chi connectivity index (χ0n) is 14.4. The van der Waals surface area contributed by atoms with E-state index < -0.39 is 0 Å². The first-order valence-electron chi connectivity index (χ1n) is 8.47. The van der Waals surface area contributed by atoms with Crippen molar-refractivity contribution in [1.29, 1.82) is 0 Å². The van der Waals surface area contributed by atoms with E-state index in [1.807, 2.05) is 19.1 Å². The van der Waals surface area contributed by atoms with Gasteiger partial charge in [-0.05, 0) is 31.2 Å². The molecule has 1 N–H and O–H groups in total. The molecule has 1 aliphatic rings. The van der Waals surface area contributed by atoms with Crippen LogP contribution in [0.15, 0.2) is 36.4 Å². The Balaban J connectivity index is 1.80. The number of aryl methyl sites for hydroxylation is 1. The van der Waals surface area contributed by atoms with Gasteiger partial charge in [0.15, 0.2) is 5.82 Å². The van der Waals surface area contributed by atoms with Crippen LogP contribution in [0.4, 0.5) is 5.82 Å². The van der Waals surface area contributed by atoms with Gasteiger partial charge in [-0.3, -0.25) is 0 Å². The van der Waals surface area contributed by atoms with Crippen molar-refractivity contribution >= 4 is 5.82 Å². The fraction of sp³-hybridized carbons (Fsp3) is 0.474. The Morgan fingerprint density at radius 1 is 1.29 bits per heavy atom. The lowest BCUT2D eigenvalue weighted by molar-refractivity contribution is 0.177. The Labute approximate surface area is 143 Å². The molecule has 24 heavy (non-hydrogen) atoms. The molecule has 0 saturated carbocycles. The van der Waals surface area contributed by atoms with Crippen LogP contribution in [0.5, 0.6) is 0 Å². The maximum Gasteiger partial charge on any atom is 0.156 e. The predicted molar refractivity (Wildman–Crippen MR) is 93.8 cm³/mol. The fourth-order valence-corrected chi connectivity index (χ4v) is 3.14. The van der Waals surface area contributed by atoms with Crippen LogP contribution >= 0.6 is 0 Å². The van der Waals surface area contributed by atoms with Gasteiger partial charge in [0, 0.05) is 32.1 Å². The minimum Gasteiger partial charge on any atom is -0.381 e. The Bertz CT molecular complexity index is 642. The van der Waals surface area contributed by atoms with Crippen molar-refractivity contribution in [3.8, 4) is 0 Å². The molecule has 1 saturated heterocycles. The topological polar surface area (TPSA) is 56.3 Å². The molecule has 1 fully saturated rings. The van der Waals surface area contributed by atoms with Crippen LogP contribution in [0.1, 0.15) is 36.0 Å². The average molecular weight is 327 g/mol. The maximum absolute atomic E-state index is 5.54. The minimum absolute atomic E-state index is 0.211. The first-order valence-corrected chi connectivity index (χ1v) is 8.47. The summed E-state index contributed by atoms with van der Waals surface area (Å²) in [5, 5.41) is 3.60. The molecular weight excluding hydrogens is 302 g/mol. The Morgan fingerprint density at radius 2 is 2.12 bits per heavy atom. The molecule has 0 amide bonds. The Kier molecular flexibility index (Phi) is 5.77. The van der Waals surface area contributed by atoms with Crippen LogP contribution in [0, 0.1) is 12.8 Å². The van der Waals surface area contributed by atoms with E-state index in [-0.39, 0.29) is 6.04 Å². The normalized spacial score (nSPS) is 18.5. The third kappa shape index (κ3) is 4.52. The highest BCUT2D eigenvalue weighted by molar-refractivity contribution is 5.39. The summed E-state index contributed by atoms with van der Waals surface area (Å²) in [7, 11) is 1.66. The third-order valence-corrected chi connectivity index (χ3v) is 4.29. The molecule has 1 aromatic heterocycles. The highest BCUT2D eigenvalue weighted by Gasteiger charge is 2.22. The highest BCUT2D eigenvalue weighted by Crippen LogP contribution is 2.29. The molecule has 2 atom stereocenters. The average Bonchev–Trinajstić information content (AvgIpc) is 3.08. The molecule has 0 radical (unpaired) electrons. The van der Waals surface area contributed by atoms with E-state index in [0.717, 1.165) is 37.6 Å². The summed E-state index contributed by atoms with van der Waals surface area (Å²) in [6.07, 6.45) is 2.16. The van der Waals surface area contributed by atoms with Gasteiger partial charge in [0.2, 0.25) is 0 Å². The molecule has 1 aromatic carbocycles. The molecule has 5 nitrogen and oxygen atoms in total. The number of nitrogens with zero attached hydrogens (tertiary/aromatic N) is 2. The molecular formula is C19H25N3O2. The Morgan fingerprint density at radius 3 is 2.83 bits per heavy atom. The van der Waals surface area contributed by atoms with Crippen molar-refractivity contribution in [3.63, 3.8) is 0 Å². The second-order valence-corrected chi connectivity index (χ2v) is 6.32. The predicted octanol–water partition coefficient (Wildman–Crippen LogP) is 3.51. The van der Waals surface area contributed by atoms with Crippen LogP contribution in [0.3, 0.4) is 0 Å². The van der Waals surface area contributed by atoms with E-state index in [1.165, 1.54) is 5.56 Å². The largest absolute Gasteiger partial charge is 0.381 e. The van der Waals surface area contributed by atoms with E-state index in [0.29, 0.717) is 18.3 Å². The zero-order valence-corrected chi connectivity index (χ0v) is 14.4. The fourth-order valence-electron chi connectivity index (χ4n) is 3.14. The van der Waals surface area contributed by atoms with Gasteiger partial charge < -0.3 is 14.8 Å². The second-order valence-electron chi connectivity index (χ2n) is 6.32.